The lowest BCUT2D eigenvalue weighted by atomic mass is 10.1. The highest BCUT2D eigenvalue weighted by molar-refractivity contribution is 7.99. The fourth-order valence-electron chi connectivity index (χ4n) is 4.46. The van der Waals surface area contributed by atoms with Gasteiger partial charge in [-0.2, -0.15) is 11.8 Å². The van der Waals surface area contributed by atoms with Crippen molar-refractivity contribution in [3.63, 3.8) is 0 Å². The fourth-order valence-corrected chi connectivity index (χ4v) is 7.08. The molecule has 3 N–H and O–H groups in total. The fraction of sp³-hybridized carbons (Fsp3) is 0.679. The first-order valence-corrected chi connectivity index (χ1v) is 18.3. The van der Waals surface area contributed by atoms with E-state index in [-0.39, 0.29) is 19.1 Å². The maximum Gasteiger partial charge on any atom is 0.353 e. The Balaban J connectivity index is 1.09. The molecule has 3 aromatic rings. The summed E-state index contributed by atoms with van der Waals surface area (Å²) in [6.45, 7) is 2.50. The number of rotatable bonds is 23. The van der Waals surface area contributed by atoms with E-state index in [9.17, 15) is 9.46 Å². The molecule has 224 valence electrons. The van der Waals surface area contributed by atoms with Crippen molar-refractivity contribution in [2.45, 2.75) is 96.6 Å². The van der Waals surface area contributed by atoms with Crippen molar-refractivity contribution in [3.8, 4) is 0 Å². The molecular weight excluding hydrogens is 565 g/mol. The number of fused-ring (bicyclic) bond motifs is 1. The van der Waals surface area contributed by atoms with Gasteiger partial charge in [-0.05, 0) is 55.6 Å². The van der Waals surface area contributed by atoms with Crippen LogP contribution in [-0.4, -0.2) is 55.0 Å². The lowest BCUT2D eigenvalue weighted by Gasteiger charge is -2.17. The third-order valence-corrected chi connectivity index (χ3v) is 9.83. The van der Waals surface area contributed by atoms with Crippen LogP contribution in [0.2, 0.25) is 0 Å². The maximum atomic E-state index is 12.3. The zero-order valence-corrected chi connectivity index (χ0v) is 26.3. The van der Waals surface area contributed by atoms with E-state index in [0.29, 0.717) is 23.5 Å². The average molecular weight is 612 g/mol. The van der Waals surface area contributed by atoms with Crippen LogP contribution >= 0.6 is 30.7 Å². The number of nitrogens with two attached hydrogens (primary N) is 1. The molecule has 0 fully saturated rings. The number of nitrogen functional groups attached to an aromatic ring is 1. The van der Waals surface area contributed by atoms with Crippen LogP contribution in [0.4, 0.5) is 5.82 Å². The van der Waals surface area contributed by atoms with Crippen molar-refractivity contribution in [2.24, 2.45) is 0 Å². The van der Waals surface area contributed by atoms with Crippen molar-refractivity contribution in [2.75, 3.05) is 30.2 Å². The number of aromatic nitrogens is 4. The number of ether oxygens (including phenoxy) is 1. The first-order chi connectivity index (χ1) is 19.4. The first kappa shape index (κ1) is 33.0. The summed E-state index contributed by atoms with van der Waals surface area (Å²) in [6, 6.07) is 4.39. The number of thioether (sulfide) groups is 1. The van der Waals surface area contributed by atoms with Crippen molar-refractivity contribution in [1.82, 2.24) is 19.5 Å². The molecule has 12 heteroatoms. The van der Waals surface area contributed by atoms with Gasteiger partial charge in [0, 0.05) is 4.88 Å². The number of hydrogen-bond acceptors (Lipinski definition) is 9. The summed E-state index contributed by atoms with van der Waals surface area (Å²) >= 11 is 3.77. The van der Waals surface area contributed by atoms with Gasteiger partial charge >= 0.3 is 7.60 Å². The zero-order chi connectivity index (χ0) is 28.5. The van der Waals surface area contributed by atoms with Gasteiger partial charge in [0.25, 0.3) is 0 Å². The van der Waals surface area contributed by atoms with E-state index >= 15 is 0 Å². The Morgan fingerprint density at radius 1 is 1.02 bits per heavy atom. The van der Waals surface area contributed by atoms with Crippen LogP contribution in [0.1, 0.15) is 82.4 Å². The predicted molar refractivity (Wildman–Crippen MR) is 167 cm³/mol. The molecule has 40 heavy (non-hydrogen) atoms. The second kappa shape index (κ2) is 18.8. The Labute approximate surface area is 247 Å². The minimum Gasteiger partial charge on any atom is -0.382 e. The molecule has 0 aliphatic heterocycles. The summed E-state index contributed by atoms with van der Waals surface area (Å²) in [7, 11) is -3.79. The molecule has 0 aliphatic rings. The molecule has 0 aliphatic carbocycles. The molecule has 0 saturated heterocycles. The molecule has 3 aromatic heterocycles. The summed E-state index contributed by atoms with van der Waals surface area (Å²) in [5.41, 5.74) is 6.94. The van der Waals surface area contributed by atoms with Crippen LogP contribution in [0, 0.1) is 0 Å². The Hall–Kier alpha value is -1.49. The van der Waals surface area contributed by atoms with Crippen LogP contribution < -0.4 is 5.73 Å². The molecule has 0 radical (unpaired) electrons. The molecule has 3 rings (SSSR count). The summed E-state index contributed by atoms with van der Waals surface area (Å²) in [4.78, 5) is 24.0. The maximum absolute atomic E-state index is 12.3. The third kappa shape index (κ3) is 13.0. The van der Waals surface area contributed by atoms with Gasteiger partial charge in [-0.25, -0.2) is 15.0 Å². The highest BCUT2D eigenvalue weighted by Crippen LogP contribution is 2.42. The van der Waals surface area contributed by atoms with Crippen molar-refractivity contribution in [3.05, 3.63) is 35.0 Å². The summed E-state index contributed by atoms with van der Waals surface area (Å²) < 4.78 is 24.9. The molecule has 9 nitrogen and oxygen atoms in total. The van der Waals surface area contributed by atoms with Crippen LogP contribution in [0.15, 0.2) is 30.2 Å². The second-order valence-corrected chi connectivity index (χ2v) is 14.3. The number of nitrogens with zero attached hydrogens (tertiary/aromatic N) is 4. The summed E-state index contributed by atoms with van der Waals surface area (Å²) in [5.74, 6) is 2.39. The van der Waals surface area contributed by atoms with Gasteiger partial charge in [-0.3, -0.25) is 4.57 Å². The van der Waals surface area contributed by atoms with Crippen molar-refractivity contribution >= 4 is 47.7 Å². The van der Waals surface area contributed by atoms with Crippen molar-refractivity contribution < 1.29 is 18.7 Å². The molecular formula is C28H46N5O4PS2. The van der Waals surface area contributed by atoms with Gasteiger partial charge in [-0.15, -0.1) is 11.3 Å². The molecule has 0 spiro atoms. The van der Waals surface area contributed by atoms with Crippen LogP contribution in [0.3, 0.4) is 0 Å². The monoisotopic (exact) mass is 611 g/mol. The van der Waals surface area contributed by atoms with E-state index in [2.05, 4.69) is 32.5 Å². The molecule has 0 amide bonds. The SMILES string of the molecule is C[C@H](Cn1cnc2c(N)ncnc21)OCP(=O)(O)OCCCSCCCCCCCCCCCCc1cccs1. The number of thiophene rings is 1. The molecule has 0 bridgehead atoms. The molecule has 2 atom stereocenters. The van der Waals surface area contributed by atoms with E-state index < -0.39 is 7.60 Å². The van der Waals surface area contributed by atoms with E-state index in [1.54, 1.807) is 10.9 Å². The first-order valence-electron chi connectivity index (χ1n) is 14.5. The standard InChI is InChI=1S/C28H46N5O4PS2/c1-24(20-33-22-32-26-27(29)30-21-31-28(26)33)36-23-38(34,35)37-16-13-18-39-17-11-9-7-5-3-2-4-6-8-10-14-25-15-12-19-40-25/h12,15,19,21-22,24H,2-11,13-14,16-18,20,23H2,1H3,(H,34,35)(H2,29,30,31)/t24-/m1/s1. The van der Waals surface area contributed by atoms with Crippen LogP contribution in [0.5, 0.6) is 0 Å². The minimum atomic E-state index is -3.79. The average Bonchev–Trinajstić information content (AvgIpc) is 3.60. The Kier molecular flexibility index (Phi) is 15.6. The summed E-state index contributed by atoms with van der Waals surface area (Å²) in [6.07, 6.45) is 17.7. The number of aryl methyl sites for hydroxylation is 1. The predicted octanol–water partition coefficient (Wildman–Crippen LogP) is 7.30. The highest BCUT2D eigenvalue weighted by Gasteiger charge is 2.21. The Morgan fingerprint density at radius 2 is 1.73 bits per heavy atom. The lowest BCUT2D eigenvalue weighted by Crippen LogP contribution is -2.17. The number of anilines is 1. The van der Waals surface area contributed by atoms with E-state index in [0.717, 1.165) is 17.9 Å². The molecule has 0 saturated carbocycles. The van der Waals surface area contributed by atoms with Gasteiger partial charge in [-0.1, -0.05) is 57.4 Å². The molecule has 1 unspecified atom stereocenters. The van der Waals surface area contributed by atoms with E-state index in [4.69, 9.17) is 15.0 Å². The zero-order valence-electron chi connectivity index (χ0n) is 23.8. The van der Waals surface area contributed by atoms with Gasteiger partial charge < -0.3 is 24.5 Å². The molecule has 3 heterocycles. The quantitative estimate of drug-likeness (QED) is 0.0839. The van der Waals surface area contributed by atoms with Crippen molar-refractivity contribution in [1.29, 1.82) is 0 Å². The number of imidazole rings is 1. The number of unbranched alkanes of at least 4 members (excludes halogenated alkanes) is 9. The van der Waals surface area contributed by atoms with Gasteiger partial charge in [0.05, 0.1) is 25.6 Å². The van der Waals surface area contributed by atoms with Gasteiger partial charge in [0.1, 0.15) is 18.2 Å². The van der Waals surface area contributed by atoms with E-state index in [1.165, 1.54) is 81.8 Å². The molecule has 0 aromatic carbocycles. The minimum absolute atomic E-state index is 0.259. The second-order valence-electron chi connectivity index (χ2n) is 10.2. The Bertz CT molecular complexity index is 1130. The largest absolute Gasteiger partial charge is 0.382 e. The van der Waals surface area contributed by atoms with E-state index in [1.807, 2.05) is 30.0 Å². The normalized spacial score (nSPS) is 14.1. The third-order valence-electron chi connectivity index (χ3n) is 6.67. The van der Waals surface area contributed by atoms with Crippen LogP contribution in [0.25, 0.3) is 11.2 Å². The number of hydrogen-bond donors (Lipinski definition) is 2. The Morgan fingerprint density at radius 3 is 2.45 bits per heavy atom. The van der Waals surface area contributed by atoms with Gasteiger partial charge in [0.15, 0.2) is 11.5 Å². The topological polar surface area (TPSA) is 125 Å². The lowest BCUT2D eigenvalue weighted by molar-refractivity contribution is 0.0718. The van der Waals surface area contributed by atoms with Crippen LogP contribution in [-0.2, 0) is 26.8 Å². The summed E-state index contributed by atoms with van der Waals surface area (Å²) in [5, 5.41) is 2.17. The smallest absolute Gasteiger partial charge is 0.353 e. The highest BCUT2D eigenvalue weighted by atomic mass is 32.2. The van der Waals surface area contributed by atoms with Gasteiger partial charge in [0.2, 0.25) is 0 Å².